The van der Waals surface area contributed by atoms with Crippen LogP contribution in [0.2, 0.25) is 0 Å². The van der Waals surface area contributed by atoms with Gasteiger partial charge in [0.15, 0.2) is 11.0 Å². The minimum Gasteiger partial charge on any atom is -0.294 e. The maximum atomic E-state index is 11.5. The lowest BCUT2D eigenvalue weighted by molar-refractivity contribution is -0.384. The Kier molecular flexibility index (Phi) is 5.33. The summed E-state index contributed by atoms with van der Waals surface area (Å²) in [7, 11) is 0. The van der Waals surface area contributed by atoms with Crippen molar-refractivity contribution in [2.24, 2.45) is 4.99 Å². The maximum Gasteiger partial charge on any atom is 0.270 e. The number of hydrazine groups is 1. The molecule has 1 aliphatic rings. The molecule has 0 radical (unpaired) electrons. The lowest BCUT2D eigenvalue weighted by atomic mass is 10.2. The number of non-ortho nitro benzene ring substituents is 1. The number of carbonyl (C=O) groups is 1. The normalized spacial score (nSPS) is 15.0. The zero-order valence-corrected chi connectivity index (χ0v) is 15.6. The molecule has 3 rings (SSSR count). The van der Waals surface area contributed by atoms with Crippen LogP contribution in [0.4, 0.5) is 10.8 Å². The predicted octanol–water partition coefficient (Wildman–Crippen LogP) is 3.62. The van der Waals surface area contributed by atoms with Gasteiger partial charge in [0.25, 0.3) is 5.69 Å². The largest absolute Gasteiger partial charge is 0.294 e. The number of amidine groups is 1. The van der Waals surface area contributed by atoms with Crippen LogP contribution in [0.1, 0.15) is 27.9 Å². The van der Waals surface area contributed by atoms with Crippen molar-refractivity contribution in [2.75, 3.05) is 12.0 Å². The van der Waals surface area contributed by atoms with Crippen LogP contribution >= 0.6 is 23.1 Å². The van der Waals surface area contributed by atoms with Crippen LogP contribution < -0.4 is 10.9 Å². The minimum atomic E-state index is -0.414. The van der Waals surface area contributed by atoms with E-state index in [0.717, 1.165) is 10.5 Å². The van der Waals surface area contributed by atoms with Crippen molar-refractivity contribution in [3.05, 3.63) is 55.4 Å². The number of nitrogens with zero attached hydrogens (tertiary/aromatic N) is 3. The zero-order chi connectivity index (χ0) is 18.7. The molecular weight excluding hydrogens is 374 g/mol. The smallest absolute Gasteiger partial charge is 0.270 e. The van der Waals surface area contributed by atoms with E-state index in [0.29, 0.717) is 27.4 Å². The van der Waals surface area contributed by atoms with Crippen molar-refractivity contribution in [1.82, 2.24) is 10.4 Å². The number of ketones is 1. The molecule has 0 aliphatic carbocycles. The molecule has 0 amide bonds. The summed E-state index contributed by atoms with van der Waals surface area (Å²) in [6.07, 6.45) is 1.87. The number of thioether (sulfide) groups is 1. The van der Waals surface area contributed by atoms with Gasteiger partial charge in [0.05, 0.1) is 22.0 Å². The van der Waals surface area contributed by atoms with Gasteiger partial charge in [0, 0.05) is 24.0 Å². The topological polar surface area (TPSA) is 110 Å². The lowest BCUT2D eigenvalue weighted by Crippen LogP contribution is -2.25. The van der Waals surface area contributed by atoms with Crippen molar-refractivity contribution in [3.8, 4) is 0 Å². The molecule has 0 bridgehead atoms. The fourth-order valence-corrected chi connectivity index (χ4v) is 3.89. The van der Waals surface area contributed by atoms with Crippen LogP contribution in [0.25, 0.3) is 6.08 Å². The molecule has 134 valence electrons. The molecule has 2 aromatic rings. The lowest BCUT2D eigenvalue weighted by Gasteiger charge is -2.04. The second-order valence-corrected chi connectivity index (χ2v) is 7.54. The minimum absolute atomic E-state index is 0.0113. The number of nitro benzene ring substituents is 1. The number of rotatable bonds is 5. The molecule has 2 N–H and O–H groups in total. The maximum absolute atomic E-state index is 11.5. The van der Waals surface area contributed by atoms with Crippen LogP contribution in [-0.2, 0) is 0 Å². The third-order valence-electron chi connectivity index (χ3n) is 3.41. The number of thiazole rings is 1. The van der Waals surface area contributed by atoms with Gasteiger partial charge in [-0.25, -0.2) is 4.98 Å². The molecule has 0 atom stereocenters. The Balaban J connectivity index is 1.60. The van der Waals surface area contributed by atoms with Gasteiger partial charge < -0.3 is 0 Å². The summed E-state index contributed by atoms with van der Waals surface area (Å²) in [5.41, 5.74) is 7.43. The van der Waals surface area contributed by atoms with Crippen LogP contribution in [0, 0.1) is 17.0 Å². The van der Waals surface area contributed by atoms with E-state index >= 15 is 0 Å². The van der Waals surface area contributed by atoms with Gasteiger partial charge in [-0.05, 0) is 18.6 Å². The Labute approximate surface area is 157 Å². The van der Waals surface area contributed by atoms with Crippen molar-refractivity contribution in [1.29, 1.82) is 0 Å². The Morgan fingerprint density at radius 2 is 2.19 bits per heavy atom. The number of hydrogen-bond acceptors (Lipinski definition) is 9. The molecule has 26 heavy (non-hydrogen) atoms. The quantitative estimate of drug-likeness (QED) is 0.456. The summed E-state index contributed by atoms with van der Waals surface area (Å²) in [4.78, 5) is 32.1. The first-order valence-corrected chi connectivity index (χ1v) is 9.23. The van der Waals surface area contributed by atoms with E-state index in [1.807, 2.05) is 12.1 Å². The van der Waals surface area contributed by atoms with Gasteiger partial charge in [-0.1, -0.05) is 35.2 Å². The molecule has 0 fully saturated rings. The van der Waals surface area contributed by atoms with E-state index in [-0.39, 0.29) is 11.5 Å². The average molecular weight is 389 g/mol. The van der Waals surface area contributed by atoms with Gasteiger partial charge in [-0.3, -0.25) is 30.8 Å². The molecule has 1 aromatic heterocycles. The summed E-state index contributed by atoms with van der Waals surface area (Å²) in [6, 6.07) is 6.45. The molecule has 1 aromatic carbocycles. The number of nitrogens with one attached hydrogen (secondary N) is 2. The zero-order valence-electron chi connectivity index (χ0n) is 14.0. The van der Waals surface area contributed by atoms with Crippen LogP contribution in [0.3, 0.4) is 0 Å². The second-order valence-electron chi connectivity index (χ2n) is 5.43. The highest BCUT2D eigenvalue weighted by molar-refractivity contribution is 8.17. The van der Waals surface area contributed by atoms with Crippen molar-refractivity contribution in [2.45, 2.75) is 13.8 Å². The number of nitro groups is 1. The Morgan fingerprint density at radius 3 is 2.88 bits per heavy atom. The van der Waals surface area contributed by atoms with Crippen molar-refractivity contribution in [3.63, 3.8) is 0 Å². The van der Waals surface area contributed by atoms with E-state index in [4.69, 9.17) is 0 Å². The van der Waals surface area contributed by atoms with Gasteiger partial charge in [-0.15, -0.1) is 0 Å². The molecular formula is C16H15N5O3S2. The fraction of sp³-hybridized carbons (Fsp3) is 0.188. The number of Topliss-reactive ketones (excluding diaryl/α,β-unsaturated/α-hetero) is 1. The monoisotopic (exact) mass is 389 g/mol. The van der Waals surface area contributed by atoms with E-state index in [2.05, 4.69) is 20.8 Å². The SMILES string of the molecule is CC(=O)c1sc(NNC2=NC/C(=C\c3cccc([N+](=O)[O-])c3)S2)nc1C. The Hall–Kier alpha value is -2.72. The van der Waals surface area contributed by atoms with E-state index in [1.165, 1.54) is 42.2 Å². The number of benzene rings is 1. The number of hydrogen-bond donors (Lipinski definition) is 2. The Morgan fingerprint density at radius 1 is 1.38 bits per heavy atom. The molecule has 0 saturated heterocycles. The summed E-state index contributed by atoms with van der Waals surface area (Å²) in [5.74, 6) is -0.0113. The third-order valence-corrected chi connectivity index (χ3v) is 5.52. The van der Waals surface area contributed by atoms with Crippen LogP contribution in [0.15, 0.2) is 34.2 Å². The van der Waals surface area contributed by atoms with E-state index in [9.17, 15) is 14.9 Å². The highest BCUT2D eigenvalue weighted by Gasteiger charge is 2.15. The average Bonchev–Trinajstić information content (AvgIpc) is 3.19. The number of aliphatic imine (C=N–C) groups is 1. The molecule has 0 spiro atoms. The number of aryl methyl sites for hydroxylation is 1. The molecule has 0 saturated carbocycles. The van der Waals surface area contributed by atoms with E-state index < -0.39 is 4.92 Å². The fourth-order valence-electron chi connectivity index (χ4n) is 2.28. The number of anilines is 1. The highest BCUT2D eigenvalue weighted by Crippen LogP contribution is 2.28. The molecule has 8 nitrogen and oxygen atoms in total. The number of carbonyl (C=O) groups excluding carboxylic acids is 1. The first kappa shape index (κ1) is 18.1. The van der Waals surface area contributed by atoms with Gasteiger partial charge >= 0.3 is 0 Å². The summed E-state index contributed by atoms with van der Waals surface area (Å²) in [5, 5.41) is 12.1. The third kappa shape index (κ3) is 4.27. The molecule has 1 aliphatic heterocycles. The second kappa shape index (κ2) is 7.67. The Bertz CT molecular complexity index is 936. The summed E-state index contributed by atoms with van der Waals surface area (Å²) < 4.78 is 0. The molecule has 10 heteroatoms. The standard InChI is InChI=1S/C16H15N5O3S2/c1-9-14(10(2)22)26-16(18-9)20-19-15-17-8-13(25-15)7-11-4-3-5-12(6-11)21(23)24/h3-7H,8H2,1-2H3,(H,17,19)(H,18,20)/b13-7+. The summed E-state index contributed by atoms with van der Waals surface area (Å²) >= 11 is 2.72. The molecule has 2 heterocycles. The summed E-state index contributed by atoms with van der Waals surface area (Å²) in [6.45, 7) is 3.80. The van der Waals surface area contributed by atoms with Crippen molar-refractivity contribution >= 4 is 50.9 Å². The highest BCUT2D eigenvalue weighted by atomic mass is 32.2. The van der Waals surface area contributed by atoms with Crippen molar-refractivity contribution < 1.29 is 9.72 Å². The first-order chi connectivity index (χ1) is 12.4. The van der Waals surface area contributed by atoms with Crippen LogP contribution in [-0.4, -0.2) is 27.4 Å². The first-order valence-electron chi connectivity index (χ1n) is 7.60. The number of aromatic nitrogens is 1. The van der Waals surface area contributed by atoms with Gasteiger partial charge in [0.2, 0.25) is 5.13 Å². The van der Waals surface area contributed by atoms with Gasteiger partial charge in [0.1, 0.15) is 0 Å². The van der Waals surface area contributed by atoms with E-state index in [1.54, 1.807) is 13.0 Å². The van der Waals surface area contributed by atoms with Crippen LogP contribution in [0.5, 0.6) is 0 Å². The predicted molar refractivity (Wildman–Crippen MR) is 105 cm³/mol. The van der Waals surface area contributed by atoms with Gasteiger partial charge in [-0.2, -0.15) is 0 Å². The molecule has 0 unspecified atom stereocenters.